The Morgan fingerprint density at radius 3 is 2.89 bits per heavy atom. The van der Waals surface area contributed by atoms with Crippen LogP contribution in [-0.4, -0.2) is 46.2 Å². The maximum Gasteiger partial charge on any atom is 0.343 e. The number of nitrogens with one attached hydrogen (secondary N) is 2. The van der Waals surface area contributed by atoms with Crippen molar-refractivity contribution in [2.45, 2.75) is 24.5 Å². The van der Waals surface area contributed by atoms with Crippen molar-refractivity contribution in [2.24, 2.45) is 7.05 Å². The molecule has 1 rings (SSSR count). The molecule has 1 aromatic rings. The average molecular weight is 274 g/mol. The fourth-order valence-corrected chi connectivity index (χ4v) is 2.34. The summed E-state index contributed by atoms with van der Waals surface area (Å²) in [5.74, 6) is 0.401. The molecule has 18 heavy (non-hydrogen) atoms. The molecule has 1 heterocycles. The van der Waals surface area contributed by atoms with E-state index in [0.29, 0.717) is 23.9 Å². The van der Waals surface area contributed by atoms with E-state index in [0.717, 1.165) is 0 Å². The predicted octanol–water partition coefficient (Wildman–Crippen LogP) is -0.258. The molecular weight excluding hydrogens is 256 g/mol. The third-order valence-electron chi connectivity index (χ3n) is 2.41. The number of aromatic nitrogens is 3. The van der Waals surface area contributed by atoms with E-state index in [1.807, 2.05) is 6.92 Å². The highest BCUT2D eigenvalue weighted by Gasteiger charge is 2.17. The van der Waals surface area contributed by atoms with Crippen LogP contribution in [0.15, 0.2) is 9.95 Å². The number of nitrogens with zero attached hydrogens (tertiary/aromatic N) is 2. The first-order chi connectivity index (χ1) is 8.60. The van der Waals surface area contributed by atoms with Crippen LogP contribution in [0, 0.1) is 0 Å². The summed E-state index contributed by atoms with van der Waals surface area (Å²) in [4.78, 5) is 22.6. The number of likely N-dealkylation sites (N-methyl/N-ethyl adjacent to an activating group) is 1. The number of aromatic amines is 1. The van der Waals surface area contributed by atoms with E-state index >= 15 is 0 Å². The van der Waals surface area contributed by atoms with Crippen molar-refractivity contribution in [3.63, 3.8) is 0 Å². The van der Waals surface area contributed by atoms with Gasteiger partial charge < -0.3 is 10.1 Å². The molecule has 1 aromatic heterocycles. The number of thioether (sulfide) groups is 1. The molecule has 0 bridgehead atoms. The fourth-order valence-electron chi connectivity index (χ4n) is 1.42. The van der Waals surface area contributed by atoms with Crippen LogP contribution < -0.4 is 11.0 Å². The summed E-state index contributed by atoms with van der Waals surface area (Å²) in [6, 6.07) is -0.316. The van der Waals surface area contributed by atoms with Crippen LogP contribution in [0.25, 0.3) is 0 Å². The minimum absolute atomic E-state index is 0.242. The van der Waals surface area contributed by atoms with Gasteiger partial charge in [0.15, 0.2) is 5.16 Å². The summed E-state index contributed by atoms with van der Waals surface area (Å²) in [6.07, 6.45) is 0.617. The summed E-state index contributed by atoms with van der Waals surface area (Å²) < 4.78 is 6.14. The lowest BCUT2D eigenvalue weighted by atomic mass is 10.2. The number of rotatable bonds is 7. The predicted molar refractivity (Wildman–Crippen MR) is 68.7 cm³/mol. The van der Waals surface area contributed by atoms with Crippen LogP contribution in [0.4, 0.5) is 0 Å². The van der Waals surface area contributed by atoms with Gasteiger partial charge >= 0.3 is 11.7 Å². The highest BCUT2D eigenvalue weighted by Crippen LogP contribution is 2.14. The number of methoxy groups -OCH3 is 1. The van der Waals surface area contributed by atoms with E-state index in [2.05, 4.69) is 15.5 Å². The van der Waals surface area contributed by atoms with Gasteiger partial charge in [0.25, 0.3) is 0 Å². The van der Waals surface area contributed by atoms with Crippen LogP contribution in [-0.2, 0) is 16.6 Å². The zero-order valence-electron chi connectivity index (χ0n) is 10.7. The minimum Gasteiger partial charge on any atom is -0.468 e. The third kappa shape index (κ3) is 3.88. The third-order valence-corrected chi connectivity index (χ3v) is 3.48. The second kappa shape index (κ2) is 7.22. The van der Waals surface area contributed by atoms with Gasteiger partial charge in [-0.25, -0.2) is 9.89 Å². The molecule has 7 nitrogen and oxygen atoms in total. The Kier molecular flexibility index (Phi) is 5.93. The molecule has 1 atom stereocenters. The number of hydrogen-bond donors (Lipinski definition) is 2. The second-order valence-corrected chi connectivity index (χ2v) is 4.70. The lowest BCUT2D eigenvalue weighted by Crippen LogP contribution is -2.37. The zero-order valence-corrected chi connectivity index (χ0v) is 11.5. The summed E-state index contributed by atoms with van der Waals surface area (Å²) in [7, 11) is 3.02. The average Bonchev–Trinajstić information content (AvgIpc) is 2.68. The standard InChI is InChI=1S/C10H18N4O3S/c1-4-11-7(8(15)17-3)5-6-18-10-13-12-9(16)14(10)2/h7,11H,4-6H2,1-3H3,(H,12,16). The maximum atomic E-state index is 11.4. The maximum absolute atomic E-state index is 11.4. The Morgan fingerprint density at radius 2 is 2.39 bits per heavy atom. The molecule has 0 amide bonds. The van der Waals surface area contributed by atoms with E-state index in [1.54, 1.807) is 7.05 Å². The van der Waals surface area contributed by atoms with Crippen LogP contribution in [0.2, 0.25) is 0 Å². The van der Waals surface area contributed by atoms with E-state index < -0.39 is 0 Å². The number of ether oxygens (including phenoxy) is 1. The molecule has 1 unspecified atom stereocenters. The van der Waals surface area contributed by atoms with Crippen molar-refractivity contribution in [3.05, 3.63) is 10.5 Å². The van der Waals surface area contributed by atoms with Crippen LogP contribution in [0.3, 0.4) is 0 Å². The Labute approximate surface area is 109 Å². The molecule has 8 heteroatoms. The number of hydrogen-bond acceptors (Lipinski definition) is 6. The Bertz CT molecular complexity index is 443. The van der Waals surface area contributed by atoms with Crippen molar-refractivity contribution in [2.75, 3.05) is 19.4 Å². The van der Waals surface area contributed by atoms with Crippen molar-refractivity contribution in [1.82, 2.24) is 20.1 Å². The summed E-state index contributed by atoms with van der Waals surface area (Å²) >= 11 is 1.42. The van der Waals surface area contributed by atoms with Gasteiger partial charge in [-0.05, 0) is 13.0 Å². The van der Waals surface area contributed by atoms with Crippen molar-refractivity contribution in [3.8, 4) is 0 Å². The van der Waals surface area contributed by atoms with E-state index in [4.69, 9.17) is 4.74 Å². The topological polar surface area (TPSA) is 89.0 Å². The molecule has 0 aliphatic carbocycles. The molecule has 0 aliphatic heterocycles. The van der Waals surface area contributed by atoms with Gasteiger partial charge in [-0.2, -0.15) is 0 Å². The number of carbonyl (C=O) groups is 1. The molecule has 0 fully saturated rings. The molecule has 0 spiro atoms. The van der Waals surface area contributed by atoms with Crippen molar-refractivity contribution >= 4 is 17.7 Å². The van der Waals surface area contributed by atoms with Gasteiger partial charge in [-0.3, -0.25) is 9.36 Å². The number of carbonyl (C=O) groups excluding carboxylic acids is 1. The minimum atomic E-state index is -0.316. The highest BCUT2D eigenvalue weighted by atomic mass is 32.2. The van der Waals surface area contributed by atoms with E-state index in [-0.39, 0.29) is 17.7 Å². The fraction of sp³-hybridized carbons (Fsp3) is 0.700. The van der Waals surface area contributed by atoms with E-state index in [9.17, 15) is 9.59 Å². The SMILES string of the molecule is CCNC(CCSc1n[nH]c(=O)n1C)C(=O)OC. The molecule has 2 N–H and O–H groups in total. The van der Waals surface area contributed by atoms with Gasteiger partial charge in [-0.15, -0.1) is 5.10 Å². The van der Waals surface area contributed by atoms with Gasteiger partial charge in [0.1, 0.15) is 6.04 Å². The van der Waals surface area contributed by atoms with Crippen LogP contribution in [0.1, 0.15) is 13.3 Å². The normalized spacial score (nSPS) is 12.4. The highest BCUT2D eigenvalue weighted by molar-refractivity contribution is 7.99. The van der Waals surface area contributed by atoms with Gasteiger partial charge in [0.05, 0.1) is 7.11 Å². The lowest BCUT2D eigenvalue weighted by Gasteiger charge is -2.14. The first kappa shape index (κ1) is 14.8. The quantitative estimate of drug-likeness (QED) is 0.526. The Balaban J connectivity index is 2.46. The first-order valence-electron chi connectivity index (χ1n) is 5.65. The molecule has 102 valence electrons. The molecule has 0 saturated heterocycles. The van der Waals surface area contributed by atoms with Crippen LogP contribution in [0.5, 0.6) is 0 Å². The Morgan fingerprint density at radius 1 is 1.67 bits per heavy atom. The van der Waals surface area contributed by atoms with Gasteiger partial charge in [-0.1, -0.05) is 18.7 Å². The summed E-state index contributed by atoms with van der Waals surface area (Å²) in [5.41, 5.74) is -0.242. The van der Waals surface area contributed by atoms with E-state index in [1.165, 1.54) is 23.4 Å². The summed E-state index contributed by atoms with van der Waals surface area (Å²) in [6.45, 7) is 2.63. The number of H-pyrrole nitrogens is 1. The first-order valence-corrected chi connectivity index (χ1v) is 6.64. The molecular formula is C10H18N4O3S. The zero-order chi connectivity index (χ0) is 13.5. The largest absolute Gasteiger partial charge is 0.468 e. The number of esters is 1. The van der Waals surface area contributed by atoms with Gasteiger partial charge in [0, 0.05) is 12.8 Å². The van der Waals surface area contributed by atoms with Crippen LogP contribution >= 0.6 is 11.8 Å². The smallest absolute Gasteiger partial charge is 0.343 e. The molecule has 0 radical (unpaired) electrons. The second-order valence-electron chi connectivity index (χ2n) is 3.64. The Hall–Kier alpha value is -1.28. The van der Waals surface area contributed by atoms with Crippen molar-refractivity contribution < 1.29 is 9.53 Å². The molecule has 0 aliphatic rings. The van der Waals surface area contributed by atoms with Crippen molar-refractivity contribution in [1.29, 1.82) is 0 Å². The summed E-state index contributed by atoms with van der Waals surface area (Å²) in [5, 5.41) is 9.90. The lowest BCUT2D eigenvalue weighted by molar-refractivity contribution is -0.143. The monoisotopic (exact) mass is 274 g/mol. The van der Waals surface area contributed by atoms with Gasteiger partial charge in [0.2, 0.25) is 0 Å². The molecule has 0 aromatic carbocycles. The molecule has 0 saturated carbocycles.